The molecule has 2 rings (SSSR count). The zero-order valence-electron chi connectivity index (χ0n) is 10.2. The van der Waals surface area contributed by atoms with Crippen molar-refractivity contribution in [1.82, 2.24) is 4.98 Å². The molecule has 8 heteroatoms. The summed E-state index contributed by atoms with van der Waals surface area (Å²) >= 11 is 0. The Kier molecular flexibility index (Phi) is 3.88. The predicted molar refractivity (Wildman–Crippen MR) is 65.5 cm³/mol. The highest BCUT2D eigenvalue weighted by Crippen LogP contribution is 2.17. The molecule has 0 saturated carbocycles. The maximum atomic E-state index is 13.4. The summed E-state index contributed by atoms with van der Waals surface area (Å²) in [5.41, 5.74) is -1.34. The number of carbonyl (C=O) groups is 2. The Balaban J connectivity index is 2.30. The van der Waals surface area contributed by atoms with Crippen molar-refractivity contribution >= 4 is 17.6 Å². The number of hydrogen-bond acceptors (Lipinski definition) is 3. The van der Waals surface area contributed by atoms with Crippen LogP contribution >= 0.6 is 0 Å². The van der Waals surface area contributed by atoms with E-state index in [1.165, 1.54) is 0 Å². The number of rotatable bonds is 3. The first kappa shape index (κ1) is 14.5. The van der Waals surface area contributed by atoms with Crippen LogP contribution in [0.15, 0.2) is 30.5 Å². The lowest BCUT2D eigenvalue weighted by molar-refractivity contribution is 0.0691. The lowest BCUT2D eigenvalue weighted by atomic mass is 10.1. The second-order valence-corrected chi connectivity index (χ2v) is 3.92. The van der Waals surface area contributed by atoms with Gasteiger partial charge >= 0.3 is 5.97 Å². The van der Waals surface area contributed by atoms with E-state index in [2.05, 4.69) is 10.3 Å². The van der Waals surface area contributed by atoms with Crippen molar-refractivity contribution in [3.63, 3.8) is 0 Å². The molecule has 0 radical (unpaired) electrons. The third kappa shape index (κ3) is 2.99. The monoisotopic (exact) mass is 296 g/mol. The molecule has 108 valence electrons. The summed E-state index contributed by atoms with van der Waals surface area (Å²) in [7, 11) is 0. The maximum Gasteiger partial charge on any atom is 0.338 e. The Morgan fingerprint density at radius 3 is 2.48 bits per heavy atom. The quantitative estimate of drug-likeness (QED) is 0.853. The molecule has 21 heavy (non-hydrogen) atoms. The molecule has 0 bridgehead atoms. The number of anilines is 1. The van der Waals surface area contributed by atoms with Crippen molar-refractivity contribution in [3.8, 4) is 0 Å². The van der Waals surface area contributed by atoms with Crippen LogP contribution in [0.3, 0.4) is 0 Å². The van der Waals surface area contributed by atoms with Gasteiger partial charge in [0.1, 0.15) is 5.82 Å². The summed E-state index contributed by atoms with van der Waals surface area (Å²) in [5, 5.41) is 10.9. The fraction of sp³-hybridized carbons (Fsp3) is 0. The average Bonchev–Trinajstić information content (AvgIpc) is 2.43. The number of nitrogens with one attached hydrogen (secondary N) is 1. The zero-order chi connectivity index (χ0) is 15.6. The van der Waals surface area contributed by atoms with E-state index >= 15 is 0 Å². The number of aromatic carboxylic acids is 1. The molecule has 5 nitrogen and oxygen atoms in total. The van der Waals surface area contributed by atoms with E-state index < -0.39 is 40.6 Å². The van der Waals surface area contributed by atoms with Gasteiger partial charge in [0.15, 0.2) is 5.82 Å². The van der Waals surface area contributed by atoms with E-state index in [1.54, 1.807) is 0 Å². The molecule has 1 aromatic carbocycles. The van der Waals surface area contributed by atoms with Gasteiger partial charge in [-0.3, -0.25) is 4.79 Å². The van der Waals surface area contributed by atoms with Gasteiger partial charge in [-0.05, 0) is 24.3 Å². The van der Waals surface area contributed by atoms with Gasteiger partial charge in [-0.2, -0.15) is 4.39 Å². The Hall–Kier alpha value is -2.90. The van der Waals surface area contributed by atoms with Crippen molar-refractivity contribution in [3.05, 3.63) is 59.2 Å². The lowest BCUT2D eigenvalue weighted by Gasteiger charge is -2.07. The summed E-state index contributed by atoms with van der Waals surface area (Å²) in [6.45, 7) is 0. The molecule has 0 atom stereocenters. The van der Waals surface area contributed by atoms with Crippen LogP contribution in [0.1, 0.15) is 20.7 Å². The van der Waals surface area contributed by atoms with Crippen molar-refractivity contribution in [2.75, 3.05) is 5.32 Å². The van der Waals surface area contributed by atoms with Gasteiger partial charge in [-0.1, -0.05) is 0 Å². The Labute approximate surface area is 116 Å². The summed E-state index contributed by atoms with van der Waals surface area (Å²) < 4.78 is 39.5. The maximum absolute atomic E-state index is 13.4. The SMILES string of the molecule is O=C(O)c1cc(NC(=O)c2ccnc(F)c2F)ccc1F. The first-order chi connectivity index (χ1) is 9.90. The van der Waals surface area contributed by atoms with Crippen molar-refractivity contribution in [2.45, 2.75) is 0 Å². The summed E-state index contributed by atoms with van der Waals surface area (Å²) in [4.78, 5) is 25.6. The molecule has 0 unspecified atom stereocenters. The number of hydrogen-bond donors (Lipinski definition) is 2. The highest BCUT2D eigenvalue weighted by atomic mass is 19.2. The molecule has 2 N–H and O–H groups in total. The van der Waals surface area contributed by atoms with E-state index in [9.17, 15) is 22.8 Å². The van der Waals surface area contributed by atoms with E-state index in [0.29, 0.717) is 0 Å². The number of amides is 1. The van der Waals surface area contributed by atoms with Crippen LogP contribution in [0.2, 0.25) is 0 Å². The second-order valence-electron chi connectivity index (χ2n) is 3.92. The highest BCUT2D eigenvalue weighted by molar-refractivity contribution is 6.04. The van der Waals surface area contributed by atoms with E-state index in [0.717, 1.165) is 30.5 Å². The molecule has 0 fully saturated rings. The molecule has 1 amide bonds. The van der Waals surface area contributed by atoms with E-state index in [-0.39, 0.29) is 5.69 Å². The number of halogens is 3. The van der Waals surface area contributed by atoms with Crippen LogP contribution in [-0.4, -0.2) is 22.0 Å². The van der Waals surface area contributed by atoms with Crippen LogP contribution in [0, 0.1) is 17.6 Å². The number of nitrogens with zero attached hydrogens (tertiary/aromatic N) is 1. The second kappa shape index (κ2) is 5.61. The number of aromatic nitrogens is 1. The van der Waals surface area contributed by atoms with Gasteiger partial charge in [-0.25, -0.2) is 18.6 Å². The zero-order valence-corrected chi connectivity index (χ0v) is 10.2. The minimum absolute atomic E-state index is 0.0737. The molecule has 0 aliphatic carbocycles. The molecule has 0 aliphatic heterocycles. The molecule has 2 aromatic rings. The number of carboxylic acid groups (broad SMARTS) is 1. The predicted octanol–water partition coefficient (Wildman–Crippen LogP) is 2.45. The van der Waals surface area contributed by atoms with Gasteiger partial charge in [-0.15, -0.1) is 0 Å². The van der Waals surface area contributed by atoms with Gasteiger partial charge in [0.2, 0.25) is 5.95 Å². The fourth-order valence-electron chi connectivity index (χ4n) is 1.56. The van der Waals surface area contributed by atoms with Crippen LogP contribution in [-0.2, 0) is 0 Å². The lowest BCUT2D eigenvalue weighted by Crippen LogP contribution is -2.15. The topological polar surface area (TPSA) is 79.3 Å². The average molecular weight is 296 g/mol. The number of benzene rings is 1. The molecular weight excluding hydrogens is 289 g/mol. The van der Waals surface area contributed by atoms with Gasteiger partial charge in [0, 0.05) is 11.9 Å². The largest absolute Gasteiger partial charge is 0.478 e. The summed E-state index contributed by atoms with van der Waals surface area (Å²) in [6, 6.07) is 3.75. The first-order valence-electron chi connectivity index (χ1n) is 5.54. The number of carboxylic acids is 1. The normalized spacial score (nSPS) is 10.2. The summed E-state index contributed by atoms with van der Waals surface area (Å²) in [6.07, 6.45) is 0.903. The highest BCUT2D eigenvalue weighted by Gasteiger charge is 2.17. The molecule has 1 heterocycles. The standard InChI is InChI=1S/C13H7F3N2O3/c14-9-2-1-6(5-8(9)13(20)21)18-12(19)7-3-4-17-11(16)10(7)15/h1-5H,(H,18,19)(H,20,21). The molecule has 1 aromatic heterocycles. The molecule has 0 saturated heterocycles. The van der Waals surface area contributed by atoms with E-state index in [1.807, 2.05) is 0 Å². The summed E-state index contributed by atoms with van der Waals surface area (Å²) in [5.74, 6) is -6.40. The van der Waals surface area contributed by atoms with Crippen molar-refractivity contribution < 1.29 is 27.9 Å². The third-order valence-electron chi connectivity index (χ3n) is 2.55. The van der Waals surface area contributed by atoms with Gasteiger partial charge in [0.25, 0.3) is 5.91 Å². The minimum atomic E-state index is -1.52. The van der Waals surface area contributed by atoms with Crippen LogP contribution < -0.4 is 5.32 Å². The van der Waals surface area contributed by atoms with Gasteiger partial charge < -0.3 is 10.4 Å². The van der Waals surface area contributed by atoms with Crippen molar-refractivity contribution in [1.29, 1.82) is 0 Å². The smallest absolute Gasteiger partial charge is 0.338 e. The number of pyridine rings is 1. The van der Waals surface area contributed by atoms with Crippen LogP contribution in [0.5, 0.6) is 0 Å². The molecule has 0 spiro atoms. The van der Waals surface area contributed by atoms with Crippen molar-refractivity contribution in [2.24, 2.45) is 0 Å². The fourth-order valence-corrected chi connectivity index (χ4v) is 1.56. The van der Waals surface area contributed by atoms with Gasteiger partial charge in [0.05, 0.1) is 11.1 Å². The Morgan fingerprint density at radius 2 is 1.81 bits per heavy atom. The Bertz CT molecular complexity index is 735. The van der Waals surface area contributed by atoms with Crippen LogP contribution in [0.25, 0.3) is 0 Å². The Morgan fingerprint density at radius 1 is 1.10 bits per heavy atom. The molecule has 0 aliphatic rings. The van der Waals surface area contributed by atoms with Crippen LogP contribution in [0.4, 0.5) is 18.9 Å². The third-order valence-corrected chi connectivity index (χ3v) is 2.55. The molecular formula is C13H7F3N2O3. The minimum Gasteiger partial charge on any atom is -0.478 e. The first-order valence-corrected chi connectivity index (χ1v) is 5.54. The number of carbonyl (C=O) groups excluding carboxylic acids is 1. The van der Waals surface area contributed by atoms with E-state index in [4.69, 9.17) is 5.11 Å².